The highest BCUT2D eigenvalue weighted by atomic mass is 127. The van der Waals surface area contributed by atoms with E-state index in [-0.39, 0.29) is 5.91 Å². The molecule has 0 spiro atoms. The Bertz CT molecular complexity index is 415. The Morgan fingerprint density at radius 1 is 1.22 bits per heavy atom. The molecule has 1 aliphatic rings. The lowest BCUT2D eigenvalue weighted by atomic mass is 9.80. The summed E-state index contributed by atoms with van der Waals surface area (Å²) in [5.41, 5.74) is 0.765. The van der Waals surface area contributed by atoms with Crippen molar-refractivity contribution in [1.29, 1.82) is 0 Å². The molecule has 3 heteroatoms. The average Bonchev–Trinajstić information content (AvgIpc) is 2.33. The predicted octanol–water partition coefficient (Wildman–Crippen LogP) is 3.85. The zero-order valence-electron chi connectivity index (χ0n) is 10.9. The maximum absolute atomic E-state index is 12.1. The largest absolute Gasteiger partial charge is 0.349 e. The van der Waals surface area contributed by atoms with E-state index in [0.29, 0.717) is 12.0 Å². The zero-order chi connectivity index (χ0) is 13.1. The number of hydrogen-bond donors (Lipinski definition) is 1. The van der Waals surface area contributed by atoms with Crippen LogP contribution in [0.1, 0.15) is 43.5 Å². The van der Waals surface area contributed by atoms with E-state index >= 15 is 0 Å². The molecule has 0 aromatic heterocycles. The number of carbonyl (C=O) groups is 1. The van der Waals surface area contributed by atoms with Gasteiger partial charge < -0.3 is 5.32 Å². The van der Waals surface area contributed by atoms with Gasteiger partial charge >= 0.3 is 0 Å². The summed E-state index contributed by atoms with van der Waals surface area (Å²) in [6.45, 7) is 4.54. The van der Waals surface area contributed by atoms with Crippen molar-refractivity contribution in [3.8, 4) is 0 Å². The Morgan fingerprint density at radius 3 is 2.50 bits per heavy atom. The van der Waals surface area contributed by atoms with Gasteiger partial charge in [0.25, 0.3) is 5.91 Å². The maximum Gasteiger partial charge on any atom is 0.251 e. The molecule has 0 heterocycles. The molecule has 1 fully saturated rings. The van der Waals surface area contributed by atoms with E-state index in [1.807, 2.05) is 24.3 Å². The zero-order valence-corrected chi connectivity index (χ0v) is 13.1. The van der Waals surface area contributed by atoms with Crippen LogP contribution in [0, 0.1) is 15.4 Å². The molecule has 1 aromatic carbocycles. The van der Waals surface area contributed by atoms with Crippen LogP contribution in [0.2, 0.25) is 0 Å². The van der Waals surface area contributed by atoms with Gasteiger partial charge in [-0.1, -0.05) is 13.8 Å². The molecule has 0 saturated heterocycles. The smallest absolute Gasteiger partial charge is 0.251 e. The van der Waals surface area contributed by atoms with Crippen LogP contribution >= 0.6 is 22.6 Å². The SMILES string of the molecule is CC1CCC(NC(=O)c2ccc(I)cc2)C(C)C1. The third-order valence-electron chi connectivity index (χ3n) is 3.85. The van der Waals surface area contributed by atoms with Crippen molar-refractivity contribution in [3.63, 3.8) is 0 Å². The Hall–Kier alpha value is -0.580. The predicted molar refractivity (Wildman–Crippen MR) is 82.6 cm³/mol. The molecule has 2 nitrogen and oxygen atoms in total. The van der Waals surface area contributed by atoms with E-state index in [1.54, 1.807) is 0 Å². The fraction of sp³-hybridized carbons (Fsp3) is 0.533. The second-order valence-electron chi connectivity index (χ2n) is 5.48. The molecular weight excluding hydrogens is 337 g/mol. The van der Waals surface area contributed by atoms with E-state index in [0.717, 1.165) is 21.5 Å². The summed E-state index contributed by atoms with van der Waals surface area (Å²) in [6.07, 6.45) is 3.55. The number of nitrogens with one attached hydrogen (secondary N) is 1. The van der Waals surface area contributed by atoms with Crippen molar-refractivity contribution in [1.82, 2.24) is 5.32 Å². The summed E-state index contributed by atoms with van der Waals surface area (Å²) in [5, 5.41) is 3.18. The van der Waals surface area contributed by atoms with E-state index in [2.05, 4.69) is 41.8 Å². The van der Waals surface area contributed by atoms with Gasteiger partial charge in [-0.05, 0) is 78.0 Å². The summed E-state index contributed by atoms with van der Waals surface area (Å²) >= 11 is 2.25. The summed E-state index contributed by atoms with van der Waals surface area (Å²) < 4.78 is 1.16. The number of rotatable bonds is 2. The lowest BCUT2D eigenvalue weighted by molar-refractivity contribution is 0.0899. The van der Waals surface area contributed by atoms with Crippen molar-refractivity contribution in [2.24, 2.45) is 11.8 Å². The number of halogens is 1. The van der Waals surface area contributed by atoms with Crippen molar-refractivity contribution in [2.45, 2.75) is 39.2 Å². The Balaban J connectivity index is 1.97. The highest BCUT2D eigenvalue weighted by Gasteiger charge is 2.26. The molecule has 3 unspecified atom stereocenters. The first-order valence-electron chi connectivity index (χ1n) is 6.62. The molecule has 98 valence electrons. The first-order chi connectivity index (χ1) is 8.56. The third-order valence-corrected chi connectivity index (χ3v) is 4.57. The van der Waals surface area contributed by atoms with Gasteiger partial charge in [-0.2, -0.15) is 0 Å². The standard InChI is InChI=1S/C15H20INO/c1-10-3-8-14(11(2)9-10)17-15(18)12-4-6-13(16)7-5-12/h4-7,10-11,14H,3,8-9H2,1-2H3,(H,17,18). The molecule has 1 aromatic rings. The van der Waals surface area contributed by atoms with Crippen LogP contribution in [0.5, 0.6) is 0 Å². The highest BCUT2D eigenvalue weighted by Crippen LogP contribution is 2.28. The Labute approximate surface area is 123 Å². The molecule has 2 rings (SSSR count). The van der Waals surface area contributed by atoms with Crippen LogP contribution < -0.4 is 5.32 Å². The Morgan fingerprint density at radius 2 is 1.89 bits per heavy atom. The summed E-state index contributed by atoms with van der Waals surface area (Å²) in [7, 11) is 0. The van der Waals surface area contributed by atoms with Crippen LogP contribution in [-0.2, 0) is 0 Å². The first-order valence-corrected chi connectivity index (χ1v) is 7.70. The van der Waals surface area contributed by atoms with Crippen molar-refractivity contribution >= 4 is 28.5 Å². The summed E-state index contributed by atoms with van der Waals surface area (Å²) in [4.78, 5) is 12.1. The molecule has 0 radical (unpaired) electrons. The van der Waals surface area contributed by atoms with Crippen LogP contribution in [0.4, 0.5) is 0 Å². The maximum atomic E-state index is 12.1. The van der Waals surface area contributed by atoms with Crippen LogP contribution in [-0.4, -0.2) is 11.9 Å². The second-order valence-corrected chi connectivity index (χ2v) is 6.73. The van der Waals surface area contributed by atoms with Crippen molar-refractivity contribution in [3.05, 3.63) is 33.4 Å². The molecule has 0 bridgehead atoms. The second kappa shape index (κ2) is 6.04. The highest BCUT2D eigenvalue weighted by molar-refractivity contribution is 14.1. The van der Waals surface area contributed by atoms with Crippen LogP contribution in [0.15, 0.2) is 24.3 Å². The van der Waals surface area contributed by atoms with Crippen molar-refractivity contribution in [2.75, 3.05) is 0 Å². The quantitative estimate of drug-likeness (QED) is 0.801. The lowest BCUT2D eigenvalue weighted by Gasteiger charge is -2.33. The average molecular weight is 357 g/mol. The lowest BCUT2D eigenvalue weighted by Crippen LogP contribution is -2.42. The van der Waals surface area contributed by atoms with E-state index in [9.17, 15) is 4.79 Å². The number of carbonyl (C=O) groups excluding carboxylic acids is 1. The molecule has 18 heavy (non-hydrogen) atoms. The Kier molecular flexibility index (Phi) is 4.65. The van der Waals surface area contributed by atoms with Crippen LogP contribution in [0.25, 0.3) is 0 Å². The number of benzene rings is 1. The van der Waals surface area contributed by atoms with Gasteiger partial charge in [-0.25, -0.2) is 0 Å². The number of hydrogen-bond acceptors (Lipinski definition) is 1. The van der Waals surface area contributed by atoms with E-state index in [1.165, 1.54) is 12.8 Å². The van der Waals surface area contributed by atoms with Crippen LogP contribution in [0.3, 0.4) is 0 Å². The molecule has 3 atom stereocenters. The van der Waals surface area contributed by atoms with E-state index in [4.69, 9.17) is 0 Å². The van der Waals surface area contributed by atoms with Gasteiger partial charge in [-0.3, -0.25) is 4.79 Å². The minimum absolute atomic E-state index is 0.0674. The minimum Gasteiger partial charge on any atom is -0.349 e. The fourth-order valence-electron chi connectivity index (χ4n) is 2.73. The summed E-state index contributed by atoms with van der Waals surface area (Å²) in [5.74, 6) is 1.45. The van der Waals surface area contributed by atoms with Gasteiger partial charge in [-0.15, -0.1) is 0 Å². The number of amides is 1. The molecule has 1 saturated carbocycles. The van der Waals surface area contributed by atoms with Gasteiger partial charge in [0.15, 0.2) is 0 Å². The minimum atomic E-state index is 0.0674. The molecule has 1 amide bonds. The fourth-order valence-corrected chi connectivity index (χ4v) is 3.09. The normalized spacial score (nSPS) is 27.8. The monoisotopic (exact) mass is 357 g/mol. The first kappa shape index (κ1) is 13.8. The third kappa shape index (κ3) is 3.46. The van der Waals surface area contributed by atoms with E-state index < -0.39 is 0 Å². The van der Waals surface area contributed by atoms with Crippen molar-refractivity contribution < 1.29 is 4.79 Å². The van der Waals surface area contributed by atoms with Gasteiger partial charge in [0, 0.05) is 15.2 Å². The molecule has 0 aliphatic heterocycles. The molecule has 1 N–H and O–H groups in total. The molecule has 1 aliphatic carbocycles. The molecular formula is C15H20INO. The summed E-state index contributed by atoms with van der Waals surface area (Å²) in [6, 6.07) is 8.08. The van der Waals surface area contributed by atoms with Gasteiger partial charge in [0.05, 0.1) is 0 Å². The van der Waals surface area contributed by atoms with Gasteiger partial charge in [0.2, 0.25) is 0 Å². The van der Waals surface area contributed by atoms with Gasteiger partial charge in [0.1, 0.15) is 0 Å². The topological polar surface area (TPSA) is 29.1 Å².